The fourth-order valence-corrected chi connectivity index (χ4v) is 0.611. The van der Waals surface area contributed by atoms with E-state index in [2.05, 4.69) is 4.99 Å². The molecule has 0 unspecified atom stereocenters. The van der Waals surface area contributed by atoms with E-state index in [1.165, 1.54) is 6.21 Å². The first-order chi connectivity index (χ1) is 4.72. The van der Waals surface area contributed by atoms with Crippen LogP contribution in [-0.4, -0.2) is 18.0 Å². The van der Waals surface area contributed by atoms with Crippen molar-refractivity contribution in [1.29, 1.82) is 0 Å². The van der Waals surface area contributed by atoms with Gasteiger partial charge < -0.3 is 0 Å². The lowest BCUT2D eigenvalue weighted by molar-refractivity contribution is -0.139. The predicted molar refractivity (Wildman–Crippen MR) is 31.9 cm³/mol. The second kappa shape index (κ2) is 2.43. The van der Waals surface area contributed by atoms with E-state index in [0.717, 1.165) is 6.20 Å². The summed E-state index contributed by atoms with van der Waals surface area (Å²) in [6, 6.07) is 0. The van der Waals surface area contributed by atoms with Crippen LogP contribution in [0.4, 0.5) is 0 Å². The molecule has 0 spiro atoms. The Hall–Kier alpha value is -1.45. The minimum Gasteiger partial charge on any atom is -0.293 e. The Morgan fingerprint density at radius 1 is 1.60 bits per heavy atom. The Labute approximate surface area is 56.9 Å². The minimum absolute atomic E-state index is 0.0554. The normalized spacial score (nSPS) is 16.8. The molecular weight excluding hydrogens is 134 g/mol. The van der Waals surface area contributed by atoms with Gasteiger partial charge in [-0.25, -0.2) is 9.90 Å². The third kappa shape index (κ3) is 1.10. The zero-order chi connectivity index (χ0) is 7.56. The molecule has 0 bridgehead atoms. The molecule has 0 atom stereocenters. The Kier molecular flexibility index (Phi) is 1.62. The van der Waals surface area contributed by atoms with Crippen molar-refractivity contribution in [2.45, 2.75) is 6.42 Å². The molecule has 0 aromatic rings. The van der Waals surface area contributed by atoms with Crippen LogP contribution < -0.4 is 0 Å². The van der Waals surface area contributed by atoms with Crippen LogP contribution >= 0.6 is 0 Å². The van der Waals surface area contributed by atoms with E-state index < -0.39 is 11.8 Å². The average Bonchev–Trinajstić information content (AvgIpc) is 1.88. The number of aliphatic imine (C=N–C) groups is 1. The molecule has 51 valence electrons. The number of Topliss-reactive ketones (excluding diaryl/α,β-unsaturated/α-hetero) is 1. The van der Waals surface area contributed by atoms with Crippen molar-refractivity contribution in [2.24, 2.45) is 4.99 Å². The molecule has 1 heterocycles. The topological polar surface area (TPSA) is 66.4 Å². The fraction of sp³-hybridized carbons (Fsp3) is 0.167. The van der Waals surface area contributed by atoms with E-state index in [0.29, 0.717) is 0 Å². The lowest BCUT2D eigenvalue weighted by atomic mass is 10.1. The highest BCUT2D eigenvalue weighted by molar-refractivity contribution is 6.20. The van der Waals surface area contributed by atoms with E-state index in [1.807, 2.05) is 0 Å². The lowest BCUT2D eigenvalue weighted by Gasteiger charge is -1.98. The van der Waals surface area contributed by atoms with Crippen LogP contribution in [0.5, 0.6) is 0 Å². The molecule has 0 aliphatic carbocycles. The molecule has 1 aliphatic heterocycles. The second-order valence-corrected chi connectivity index (χ2v) is 1.79. The molecule has 1 rings (SSSR count). The van der Waals surface area contributed by atoms with Crippen LogP contribution in [0.1, 0.15) is 6.42 Å². The maximum Gasteiger partial charge on any atom is 0.391 e. The summed E-state index contributed by atoms with van der Waals surface area (Å²) < 4.78 is 0. The van der Waals surface area contributed by atoms with Gasteiger partial charge in [-0.1, -0.05) is 0 Å². The van der Waals surface area contributed by atoms with Gasteiger partial charge in [0, 0.05) is 18.8 Å². The first-order valence-electron chi connectivity index (χ1n) is 2.68. The number of rotatable bonds is 1. The molecule has 0 fully saturated rings. The summed E-state index contributed by atoms with van der Waals surface area (Å²) in [7, 11) is 0. The SMILES string of the molecule is [O]C(=O)C1=CN=CCC1=O. The number of carbonyl (C=O) groups excluding carboxylic acids is 2. The van der Waals surface area contributed by atoms with E-state index in [9.17, 15) is 14.7 Å². The van der Waals surface area contributed by atoms with Gasteiger partial charge in [-0.05, 0) is 0 Å². The summed E-state index contributed by atoms with van der Waals surface area (Å²) in [5.74, 6) is -1.91. The number of hydrogen-bond acceptors (Lipinski definition) is 3. The van der Waals surface area contributed by atoms with Gasteiger partial charge in [0.25, 0.3) is 0 Å². The van der Waals surface area contributed by atoms with Gasteiger partial charge in [-0.3, -0.25) is 9.79 Å². The van der Waals surface area contributed by atoms with Crippen molar-refractivity contribution in [1.82, 2.24) is 0 Å². The zero-order valence-corrected chi connectivity index (χ0v) is 5.03. The van der Waals surface area contributed by atoms with Gasteiger partial charge in [0.1, 0.15) is 5.57 Å². The van der Waals surface area contributed by atoms with Gasteiger partial charge in [0.05, 0.1) is 0 Å². The molecule has 1 radical (unpaired) electrons. The smallest absolute Gasteiger partial charge is 0.293 e. The van der Waals surface area contributed by atoms with Crippen molar-refractivity contribution in [3.63, 3.8) is 0 Å². The van der Waals surface area contributed by atoms with Crippen LogP contribution in [0.15, 0.2) is 16.8 Å². The maximum atomic E-state index is 10.7. The summed E-state index contributed by atoms with van der Waals surface area (Å²) in [6.45, 7) is 0. The number of hydrogen-bond donors (Lipinski definition) is 0. The molecule has 0 aromatic heterocycles. The van der Waals surface area contributed by atoms with Gasteiger partial charge in [-0.2, -0.15) is 0 Å². The Bertz CT molecular complexity index is 239. The third-order valence-electron chi connectivity index (χ3n) is 1.11. The molecule has 0 saturated heterocycles. The van der Waals surface area contributed by atoms with Gasteiger partial charge in [-0.15, -0.1) is 0 Å². The molecule has 4 nitrogen and oxygen atoms in total. The quantitative estimate of drug-likeness (QED) is 0.473. The zero-order valence-electron chi connectivity index (χ0n) is 5.03. The molecule has 10 heavy (non-hydrogen) atoms. The standard InChI is InChI=1S/C6H4NO3/c8-5-1-2-7-3-4(5)6(9)10/h2-3H,1H2. The highest BCUT2D eigenvalue weighted by Gasteiger charge is 2.19. The largest absolute Gasteiger partial charge is 0.391 e. The van der Waals surface area contributed by atoms with Crippen LogP contribution in [-0.2, 0) is 14.7 Å². The van der Waals surface area contributed by atoms with Crippen LogP contribution in [0, 0.1) is 0 Å². The Morgan fingerprint density at radius 3 is 2.70 bits per heavy atom. The highest BCUT2D eigenvalue weighted by atomic mass is 16.4. The van der Waals surface area contributed by atoms with Crippen LogP contribution in [0.3, 0.4) is 0 Å². The van der Waals surface area contributed by atoms with Gasteiger partial charge in [0.2, 0.25) is 0 Å². The number of ketones is 1. The minimum atomic E-state index is -1.46. The second-order valence-electron chi connectivity index (χ2n) is 1.79. The van der Waals surface area contributed by atoms with Crippen molar-refractivity contribution in [3.05, 3.63) is 11.8 Å². The van der Waals surface area contributed by atoms with E-state index in [1.54, 1.807) is 0 Å². The summed E-state index contributed by atoms with van der Waals surface area (Å²) >= 11 is 0. The molecule has 0 saturated carbocycles. The Balaban J connectivity index is 2.91. The molecular formula is C6H4NO3. The van der Waals surface area contributed by atoms with E-state index in [-0.39, 0.29) is 12.0 Å². The summed E-state index contributed by atoms with van der Waals surface area (Å²) in [4.78, 5) is 24.2. The predicted octanol–water partition coefficient (Wildman–Crippen LogP) is -0.129. The van der Waals surface area contributed by atoms with Gasteiger partial charge >= 0.3 is 5.97 Å². The maximum absolute atomic E-state index is 10.7. The van der Waals surface area contributed by atoms with Crippen LogP contribution in [0.25, 0.3) is 0 Å². The fourth-order valence-electron chi connectivity index (χ4n) is 0.611. The lowest BCUT2D eigenvalue weighted by Crippen LogP contribution is -2.13. The molecule has 1 aliphatic rings. The monoisotopic (exact) mass is 138 g/mol. The van der Waals surface area contributed by atoms with Crippen molar-refractivity contribution < 1.29 is 14.7 Å². The van der Waals surface area contributed by atoms with Crippen molar-refractivity contribution in [3.8, 4) is 0 Å². The third-order valence-corrected chi connectivity index (χ3v) is 1.11. The summed E-state index contributed by atoms with van der Waals surface area (Å²) in [5.41, 5.74) is -0.345. The summed E-state index contributed by atoms with van der Waals surface area (Å²) in [6.07, 6.45) is 2.41. The van der Waals surface area contributed by atoms with Crippen molar-refractivity contribution >= 4 is 18.0 Å². The molecule has 4 heteroatoms. The molecule has 0 aromatic carbocycles. The van der Waals surface area contributed by atoms with Crippen molar-refractivity contribution in [2.75, 3.05) is 0 Å². The van der Waals surface area contributed by atoms with E-state index >= 15 is 0 Å². The number of nitrogens with zero attached hydrogens (tertiary/aromatic N) is 1. The molecule has 0 N–H and O–H groups in total. The Morgan fingerprint density at radius 2 is 2.30 bits per heavy atom. The molecule has 0 amide bonds. The highest BCUT2D eigenvalue weighted by Crippen LogP contribution is 2.04. The van der Waals surface area contributed by atoms with E-state index in [4.69, 9.17) is 0 Å². The first kappa shape index (κ1) is 6.67. The average molecular weight is 138 g/mol. The first-order valence-corrected chi connectivity index (χ1v) is 2.68. The van der Waals surface area contributed by atoms with Crippen LogP contribution in [0.2, 0.25) is 0 Å². The summed E-state index contributed by atoms with van der Waals surface area (Å²) in [5, 5.41) is 10.1. The number of carbonyl (C=O) groups is 2. The van der Waals surface area contributed by atoms with Gasteiger partial charge in [0.15, 0.2) is 5.78 Å².